The number of hydrogen-bond donors (Lipinski definition) is 16. The first-order valence-corrected chi connectivity index (χ1v) is 32.0. The van der Waals surface area contributed by atoms with E-state index in [-0.39, 0.29) is 115 Å². The molecule has 9 aromatic carbocycles. The number of Topliss-reactive ketones (excluding diaryl/α,β-unsaturated/α-hetero) is 2. The Hall–Kier alpha value is -12.8. The molecule has 0 unspecified atom stereocenters. The summed E-state index contributed by atoms with van der Waals surface area (Å²) in [5.74, 6) is 0.908. The van der Waals surface area contributed by atoms with Gasteiger partial charge < -0.3 is 87.9 Å². The lowest BCUT2D eigenvalue weighted by molar-refractivity contribution is -0.117. The maximum Gasteiger partial charge on any atom is 0.229 e. The highest BCUT2D eigenvalue weighted by Gasteiger charge is 2.21. The molecule has 2 aliphatic heterocycles. The number of rotatable bonds is 8. The maximum atomic E-state index is 10.9. The van der Waals surface area contributed by atoms with Gasteiger partial charge in [-0.25, -0.2) is 0 Å². The molecule has 9 aromatic rings. The number of carbonyl (C=O) groups is 9. The maximum absolute atomic E-state index is 10.9. The lowest BCUT2D eigenvalue weighted by Crippen LogP contribution is -2.05. The summed E-state index contributed by atoms with van der Waals surface area (Å²) in [5, 5.41) is 100. The zero-order valence-corrected chi connectivity index (χ0v) is 59.2. The minimum atomic E-state index is -0.261. The van der Waals surface area contributed by atoms with Crippen LogP contribution in [0.25, 0.3) is 0 Å². The van der Waals surface area contributed by atoms with Crippen LogP contribution in [-0.4, -0.2) is 106 Å². The molecule has 0 atom stereocenters. The second-order valence-electron chi connectivity index (χ2n) is 22.6. The monoisotopic (exact) mass is 1460 g/mol. The van der Waals surface area contributed by atoms with Gasteiger partial charge >= 0.3 is 0 Å². The molecule has 0 bridgehead atoms. The van der Waals surface area contributed by atoms with E-state index >= 15 is 0 Å². The van der Waals surface area contributed by atoms with Crippen molar-refractivity contribution < 1.29 is 93.8 Å². The highest BCUT2D eigenvalue weighted by atomic mass is 35.5. The first-order valence-electron chi connectivity index (χ1n) is 31.2. The molecule has 0 aromatic heterocycles. The number of fused-ring (bicyclic) bond motifs is 3. The SMILES string of the molecule is CC(=O)Nc1cc(C)ccc1O.CC(=O)Nc1cc(O)c(Cl)cc1Cl.CC(=O)Nc1ccc(O)cc1.CC(=O)Nc1cccc(O)c1.CC(=O)Nc1ccccc1O.COc1cc(CC(C)=O)ccc1O.O=C1Cc2c(O)cccc2N1.O=C1Cc2ccc(O)cc2C1.O=C1Cc2ccc(O)cc2N1. The molecular weight excluding hydrogens is 1390 g/mol. The van der Waals surface area contributed by atoms with Crippen LogP contribution < -0.4 is 42.0 Å². The Bertz CT molecular complexity index is 4470. The summed E-state index contributed by atoms with van der Waals surface area (Å²) in [5.41, 5.74) is 9.56. The van der Waals surface area contributed by atoms with Crippen LogP contribution in [0.3, 0.4) is 0 Å². The lowest BCUT2D eigenvalue weighted by atomic mass is 10.1. The molecular formula is C76H79Cl2N7O19. The van der Waals surface area contributed by atoms with Crippen molar-refractivity contribution >= 4 is 116 Å². The van der Waals surface area contributed by atoms with Crippen LogP contribution in [0.4, 0.5) is 39.8 Å². The van der Waals surface area contributed by atoms with Crippen molar-refractivity contribution in [2.75, 3.05) is 44.3 Å². The summed E-state index contributed by atoms with van der Waals surface area (Å²) in [6.45, 7) is 10.4. The predicted molar refractivity (Wildman–Crippen MR) is 397 cm³/mol. The molecule has 104 heavy (non-hydrogen) atoms. The van der Waals surface area contributed by atoms with Crippen molar-refractivity contribution in [1.29, 1.82) is 0 Å². The number of phenolic OH excluding ortho intramolecular Hbond substituents is 9. The number of phenols is 9. The molecule has 0 saturated heterocycles. The summed E-state index contributed by atoms with van der Waals surface area (Å²) in [6, 6.07) is 47.0. The molecule has 16 N–H and O–H groups in total. The number of methoxy groups -OCH3 is 1. The highest BCUT2D eigenvalue weighted by Crippen LogP contribution is 2.34. The average Bonchev–Trinajstić information content (AvgIpc) is 1.73. The number of carbonyl (C=O) groups excluding carboxylic acids is 9. The fourth-order valence-corrected chi connectivity index (χ4v) is 9.49. The lowest BCUT2D eigenvalue weighted by Gasteiger charge is -2.06. The molecule has 26 nitrogen and oxygen atoms in total. The quantitative estimate of drug-likeness (QED) is 0.0496. The van der Waals surface area contributed by atoms with E-state index in [1.807, 2.05) is 13.0 Å². The normalized spacial score (nSPS) is 11.1. The number of hydrogen-bond acceptors (Lipinski definition) is 19. The molecule has 0 spiro atoms. The smallest absolute Gasteiger partial charge is 0.229 e. The van der Waals surface area contributed by atoms with Gasteiger partial charge in [0.05, 0.1) is 47.1 Å². The van der Waals surface area contributed by atoms with Crippen molar-refractivity contribution in [3.05, 3.63) is 219 Å². The highest BCUT2D eigenvalue weighted by molar-refractivity contribution is 6.37. The minimum Gasteiger partial charge on any atom is -0.508 e. The number of benzene rings is 9. The zero-order valence-electron chi connectivity index (χ0n) is 57.6. The second-order valence-corrected chi connectivity index (χ2v) is 23.5. The molecule has 2 heterocycles. The Morgan fingerprint density at radius 3 is 1.53 bits per heavy atom. The Morgan fingerprint density at radius 1 is 0.404 bits per heavy atom. The summed E-state index contributed by atoms with van der Waals surface area (Å²) in [4.78, 5) is 96.3. The standard InChI is InChI=1S/C10H12O3.C9H11NO2.C9H8O2.C8H7Cl2NO2.2C8H7NO2.3C8H9NO2/c1-7(11)5-8-3-4-9(12)10(6-8)13-2;1-6-3-4-9(12)8(5-6)10-7(2)11;10-8-2-1-6-3-9(11)5-7(6)4-8;1-4(12)11-7-3-8(13)6(10)2-5(7)9;10-6-2-1-5-3-8(11)9-7(5)4-6;10-7-3-1-2-6-5(7)4-8(11)9-6;1-6(10)9-7-2-4-8(11)5-3-7;1-6(10)9-7-3-2-4-8(11)5-7;1-6(10)9-7-4-2-3-5-8(7)11/h3-4,6,12H,5H2,1-2H3;3-5,12H,1-2H3,(H,10,11);1-2,4,10H,3,5H2;2-3,13H,1H3,(H,11,12);1-2,4,10H,3H2,(H,9,11);1-3,10H,4H2,(H,9,11);3*2-5,11H,1H3,(H,9,10). The number of anilines is 7. The Kier molecular flexibility index (Phi) is 33.5. The molecule has 3 aliphatic rings. The van der Waals surface area contributed by atoms with Crippen molar-refractivity contribution in [3.8, 4) is 57.5 Å². The van der Waals surface area contributed by atoms with E-state index in [4.69, 9.17) is 53.5 Å². The molecule has 0 saturated carbocycles. The van der Waals surface area contributed by atoms with Crippen LogP contribution in [0, 0.1) is 6.92 Å². The van der Waals surface area contributed by atoms with Gasteiger partial charge in [0, 0.05) is 100 Å². The fourth-order valence-electron chi connectivity index (χ4n) is 9.06. The summed E-state index contributed by atoms with van der Waals surface area (Å²) in [7, 11) is 1.48. The first-order chi connectivity index (χ1) is 49.1. The number of ketones is 2. The van der Waals surface area contributed by atoms with Crippen molar-refractivity contribution in [3.63, 3.8) is 0 Å². The van der Waals surface area contributed by atoms with Gasteiger partial charge in [-0.1, -0.05) is 71.7 Å². The first kappa shape index (κ1) is 83.6. The number of halogens is 2. The van der Waals surface area contributed by atoms with Crippen LogP contribution in [0.2, 0.25) is 10.0 Å². The van der Waals surface area contributed by atoms with E-state index in [2.05, 4.69) is 37.2 Å². The van der Waals surface area contributed by atoms with Gasteiger partial charge in [0.15, 0.2) is 11.5 Å². The number of amides is 7. The Labute approximate surface area is 608 Å². The van der Waals surface area contributed by atoms with E-state index in [0.717, 1.165) is 39.2 Å². The second kappa shape index (κ2) is 41.7. The van der Waals surface area contributed by atoms with Gasteiger partial charge in [-0.3, -0.25) is 43.2 Å². The van der Waals surface area contributed by atoms with Gasteiger partial charge in [-0.05, 0) is 151 Å². The molecule has 0 radical (unpaired) electrons. The van der Waals surface area contributed by atoms with Crippen LogP contribution >= 0.6 is 23.2 Å². The number of nitrogens with one attached hydrogen (secondary N) is 7. The molecule has 12 rings (SSSR count). The van der Waals surface area contributed by atoms with E-state index in [1.165, 1.54) is 91.1 Å². The molecule has 7 amide bonds. The summed E-state index contributed by atoms with van der Waals surface area (Å²) in [6.07, 6.45) is 2.12. The number of ether oxygens (including phenoxy) is 1. The molecule has 28 heteroatoms. The van der Waals surface area contributed by atoms with E-state index in [1.54, 1.807) is 127 Å². The summed E-state index contributed by atoms with van der Waals surface area (Å²) < 4.78 is 4.91. The predicted octanol–water partition coefficient (Wildman–Crippen LogP) is 12.7. The van der Waals surface area contributed by atoms with Gasteiger partial charge in [0.1, 0.15) is 57.6 Å². The largest absolute Gasteiger partial charge is 0.508 e. The molecule has 546 valence electrons. The van der Waals surface area contributed by atoms with Crippen LogP contribution in [0.1, 0.15) is 74.9 Å². The van der Waals surface area contributed by atoms with E-state index in [9.17, 15) is 63.6 Å². The van der Waals surface area contributed by atoms with Gasteiger partial charge in [0.25, 0.3) is 0 Å². The number of aryl methyl sites for hydroxylation is 1. The van der Waals surface area contributed by atoms with Gasteiger partial charge in [-0.15, -0.1) is 0 Å². The zero-order chi connectivity index (χ0) is 77.3. The minimum absolute atomic E-state index is 0.00870. The van der Waals surface area contributed by atoms with E-state index < -0.39 is 0 Å². The third-order valence-corrected chi connectivity index (χ3v) is 14.1. The van der Waals surface area contributed by atoms with Crippen molar-refractivity contribution in [1.82, 2.24) is 0 Å². The van der Waals surface area contributed by atoms with Crippen LogP contribution in [0.15, 0.2) is 176 Å². The number of aromatic hydroxyl groups is 9. The van der Waals surface area contributed by atoms with E-state index in [0.29, 0.717) is 71.9 Å². The summed E-state index contributed by atoms with van der Waals surface area (Å²) >= 11 is 11.3. The van der Waals surface area contributed by atoms with Crippen molar-refractivity contribution in [2.45, 2.75) is 80.6 Å². The molecule has 0 fully saturated rings. The third-order valence-electron chi connectivity index (χ3n) is 13.5. The topological polar surface area (TPSA) is 429 Å². The number of para-hydroxylation sites is 2. The third kappa shape index (κ3) is 30.8. The average molecular weight is 1470 g/mol. The fraction of sp³-hybridized carbons (Fsp3) is 0.171. The molecule has 1 aliphatic carbocycles. The van der Waals surface area contributed by atoms with Gasteiger partial charge in [0.2, 0.25) is 41.4 Å². The van der Waals surface area contributed by atoms with Crippen LogP contribution in [-0.2, 0) is 75.3 Å². The van der Waals surface area contributed by atoms with Gasteiger partial charge in [-0.2, -0.15) is 0 Å². The van der Waals surface area contributed by atoms with Crippen LogP contribution in [0.5, 0.6) is 57.5 Å². The van der Waals surface area contributed by atoms with Crippen molar-refractivity contribution in [2.24, 2.45) is 0 Å². The Morgan fingerprint density at radius 2 is 0.923 bits per heavy atom. The Balaban J connectivity index is 0.000000248.